The third kappa shape index (κ3) is 3.93. The van der Waals surface area contributed by atoms with Crippen LogP contribution in [0.2, 0.25) is 0 Å². The lowest BCUT2D eigenvalue weighted by Crippen LogP contribution is -2.24. The summed E-state index contributed by atoms with van der Waals surface area (Å²) >= 11 is 3.37. The Morgan fingerprint density at radius 2 is 1.97 bits per heavy atom. The van der Waals surface area contributed by atoms with E-state index in [9.17, 15) is 14.4 Å². The van der Waals surface area contributed by atoms with Gasteiger partial charge in [0.2, 0.25) is 0 Å². The normalized spacial score (nSPS) is 13.3. The zero-order valence-corrected chi connectivity index (χ0v) is 17.6. The van der Waals surface area contributed by atoms with Crippen LogP contribution >= 0.6 is 15.9 Å². The number of halogens is 1. The highest BCUT2D eigenvalue weighted by atomic mass is 79.9. The van der Waals surface area contributed by atoms with Crippen LogP contribution in [0.5, 0.6) is 0 Å². The number of carbonyl (C=O) groups is 3. The maximum absolute atomic E-state index is 13.2. The molecule has 0 radical (unpaired) electrons. The maximum atomic E-state index is 13.2. The Balaban J connectivity index is 1.69. The smallest absolute Gasteiger partial charge is 0.355 e. The fraction of sp³-hybridized carbons (Fsp3) is 0.238. The number of aryl methyl sites for hydroxylation is 1. The van der Waals surface area contributed by atoms with E-state index in [1.54, 1.807) is 19.1 Å². The van der Waals surface area contributed by atoms with E-state index in [0.29, 0.717) is 22.9 Å². The van der Waals surface area contributed by atoms with Gasteiger partial charge in [-0.2, -0.15) is 0 Å². The number of hydrogen-bond acceptors (Lipinski definition) is 6. The van der Waals surface area contributed by atoms with E-state index >= 15 is 0 Å². The quantitative estimate of drug-likeness (QED) is 0.429. The molecule has 1 aliphatic rings. The summed E-state index contributed by atoms with van der Waals surface area (Å²) < 4.78 is 12.3. The monoisotopic (exact) mass is 471 g/mol. The van der Waals surface area contributed by atoms with Crippen LogP contribution in [0.1, 0.15) is 45.0 Å². The van der Waals surface area contributed by atoms with Crippen LogP contribution in [0.15, 0.2) is 45.5 Å². The molecule has 3 aromatic rings. The number of primary amides is 1. The van der Waals surface area contributed by atoms with Crippen molar-refractivity contribution in [3.05, 3.63) is 63.6 Å². The number of benzene rings is 1. The molecule has 4 rings (SSSR count). The van der Waals surface area contributed by atoms with Crippen molar-refractivity contribution in [3.63, 3.8) is 0 Å². The molecule has 8 nitrogen and oxygen atoms in total. The highest BCUT2D eigenvalue weighted by Crippen LogP contribution is 2.30. The second kappa shape index (κ2) is 7.91. The minimum atomic E-state index is -0.886. The molecule has 1 saturated carbocycles. The number of nitrogens with two attached hydrogens (primary N) is 1. The van der Waals surface area contributed by atoms with Crippen molar-refractivity contribution in [2.45, 2.75) is 19.8 Å². The van der Waals surface area contributed by atoms with Crippen molar-refractivity contribution in [2.24, 2.45) is 11.7 Å². The van der Waals surface area contributed by atoms with Gasteiger partial charge >= 0.3 is 12.0 Å². The number of ether oxygens (including phenoxy) is 1. The lowest BCUT2D eigenvalue weighted by molar-refractivity contribution is 0.0476. The van der Waals surface area contributed by atoms with Crippen LogP contribution in [0.3, 0.4) is 0 Å². The van der Waals surface area contributed by atoms with Gasteiger partial charge in [0.1, 0.15) is 17.1 Å². The lowest BCUT2D eigenvalue weighted by Gasteiger charge is -2.05. The molecule has 0 saturated heterocycles. The van der Waals surface area contributed by atoms with E-state index in [4.69, 9.17) is 15.0 Å². The number of nitrogens with zero attached hydrogens (tertiary/aromatic N) is 2. The standard InChI is InChI=1S/C21H18BrN3O5/c1-11-17(18(24-30-11)13-4-6-15(22)7-5-13)19(26)14-8-16(25(9-14)21(23)28)20(27)29-10-12-2-3-12/h4-9,12H,2-3,10H2,1H3,(H2,23,28). The number of esters is 1. The fourth-order valence-electron chi connectivity index (χ4n) is 3.07. The first-order valence-electron chi connectivity index (χ1n) is 9.31. The molecule has 1 aromatic carbocycles. The van der Waals surface area contributed by atoms with Crippen molar-refractivity contribution in [2.75, 3.05) is 6.61 Å². The molecular weight excluding hydrogens is 454 g/mol. The predicted octanol–water partition coefficient (Wildman–Crippen LogP) is 3.94. The molecule has 0 spiro atoms. The highest BCUT2D eigenvalue weighted by molar-refractivity contribution is 9.10. The Morgan fingerprint density at radius 1 is 1.27 bits per heavy atom. The summed E-state index contributed by atoms with van der Waals surface area (Å²) in [5.41, 5.74) is 6.71. The third-order valence-corrected chi connectivity index (χ3v) is 5.41. The average molecular weight is 472 g/mol. The summed E-state index contributed by atoms with van der Waals surface area (Å²) in [4.78, 5) is 37.5. The molecule has 0 aliphatic heterocycles. The molecule has 0 atom stereocenters. The van der Waals surface area contributed by atoms with Crippen molar-refractivity contribution in [1.82, 2.24) is 9.72 Å². The third-order valence-electron chi connectivity index (χ3n) is 4.88. The molecule has 2 heterocycles. The van der Waals surface area contributed by atoms with Gasteiger partial charge in [-0.1, -0.05) is 33.2 Å². The minimum absolute atomic E-state index is 0.0919. The molecule has 9 heteroatoms. The summed E-state index contributed by atoms with van der Waals surface area (Å²) in [5, 5.41) is 4.02. The zero-order chi connectivity index (χ0) is 21.4. The molecule has 1 amide bonds. The first kappa shape index (κ1) is 20.1. The second-order valence-corrected chi connectivity index (χ2v) is 8.08. The van der Waals surface area contributed by atoms with E-state index < -0.39 is 17.8 Å². The lowest BCUT2D eigenvalue weighted by atomic mass is 10.00. The van der Waals surface area contributed by atoms with Gasteiger partial charge in [-0.05, 0) is 43.9 Å². The van der Waals surface area contributed by atoms with Gasteiger partial charge in [-0.3, -0.25) is 9.36 Å². The van der Waals surface area contributed by atoms with Crippen molar-refractivity contribution in [1.29, 1.82) is 0 Å². The number of rotatable bonds is 6. The average Bonchev–Trinajstić information content (AvgIpc) is 3.30. The zero-order valence-electron chi connectivity index (χ0n) is 16.1. The van der Waals surface area contributed by atoms with Crippen LogP contribution in [-0.4, -0.2) is 34.1 Å². The van der Waals surface area contributed by atoms with Gasteiger partial charge in [0.25, 0.3) is 0 Å². The Kier molecular flexibility index (Phi) is 5.29. The summed E-state index contributed by atoms with van der Waals surface area (Å²) in [6, 6.07) is 7.67. The van der Waals surface area contributed by atoms with E-state index in [1.807, 2.05) is 12.1 Å². The van der Waals surface area contributed by atoms with Gasteiger partial charge in [0.15, 0.2) is 5.78 Å². The Hall–Kier alpha value is -3.20. The molecule has 2 aromatic heterocycles. The predicted molar refractivity (Wildman–Crippen MR) is 110 cm³/mol. The van der Waals surface area contributed by atoms with Gasteiger partial charge in [-0.15, -0.1) is 0 Å². The minimum Gasteiger partial charge on any atom is -0.461 e. The summed E-state index contributed by atoms with van der Waals surface area (Å²) in [6.07, 6.45) is 3.26. The number of carbonyl (C=O) groups excluding carboxylic acids is 3. The van der Waals surface area contributed by atoms with Crippen molar-refractivity contribution in [3.8, 4) is 11.3 Å². The molecule has 0 unspecified atom stereocenters. The molecular formula is C21H18BrN3O5. The molecule has 2 N–H and O–H groups in total. The number of amides is 1. The topological polar surface area (TPSA) is 117 Å². The molecule has 154 valence electrons. The van der Waals surface area contributed by atoms with Crippen molar-refractivity contribution < 1.29 is 23.6 Å². The van der Waals surface area contributed by atoms with Gasteiger partial charge in [0, 0.05) is 21.8 Å². The van der Waals surface area contributed by atoms with Gasteiger partial charge in [0.05, 0.1) is 12.2 Å². The summed E-state index contributed by atoms with van der Waals surface area (Å²) in [6.45, 7) is 1.91. The highest BCUT2D eigenvalue weighted by Gasteiger charge is 2.28. The van der Waals surface area contributed by atoms with Crippen LogP contribution in [0.25, 0.3) is 11.3 Å². The van der Waals surface area contributed by atoms with Gasteiger partial charge < -0.3 is 15.0 Å². The molecule has 1 fully saturated rings. The van der Waals surface area contributed by atoms with E-state index in [-0.39, 0.29) is 23.4 Å². The summed E-state index contributed by atoms with van der Waals surface area (Å²) in [5.74, 6) is -0.458. The van der Waals surface area contributed by atoms with E-state index in [1.165, 1.54) is 12.3 Å². The molecule has 30 heavy (non-hydrogen) atoms. The first-order chi connectivity index (χ1) is 14.3. The van der Waals surface area contributed by atoms with Crippen LogP contribution in [0, 0.1) is 12.8 Å². The number of ketones is 1. The van der Waals surface area contributed by atoms with Crippen LogP contribution < -0.4 is 5.73 Å². The van der Waals surface area contributed by atoms with Crippen LogP contribution in [-0.2, 0) is 4.74 Å². The Morgan fingerprint density at radius 3 is 2.60 bits per heavy atom. The number of aromatic nitrogens is 2. The van der Waals surface area contributed by atoms with E-state index in [0.717, 1.165) is 21.9 Å². The Labute approximate surface area is 180 Å². The second-order valence-electron chi connectivity index (χ2n) is 7.16. The summed E-state index contributed by atoms with van der Waals surface area (Å²) in [7, 11) is 0. The van der Waals surface area contributed by atoms with Crippen molar-refractivity contribution >= 4 is 33.7 Å². The fourth-order valence-corrected chi connectivity index (χ4v) is 3.33. The molecule has 1 aliphatic carbocycles. The van der Waals surface area contributed by atoms with E-state index in [2.05, 4.69) is 21.1 Å². The largest absolute Gasteiger partial charge is 0.461 e. The van der Waals surface area contributed by atoms with Gasteiger partial charge in [-0.25, -0.2) is 9.59 Å². The first-order valence-corrected chi connectivity index (χ1v) is 10.1. The van der Waals surface area contributed by atoms with Crippen LogP contribution in [0.4, 0.5) is 4.79 Å². The Bertz CT molecular complexity index is 1140. The SMILES string of the molecule is Cc1onc(-c2ccc(Br)cc2)c1C(=O)c1cc(C(=O)OCC2CC2)n(C(N)=O)c1. The molecule has 0 bridgehead atoms. The maximum Gasteiger partial charge on any atom is 0.355 e. The number of hydrogen-bond donors (Lipinski definition) is 1.